The summed E-state index contributed by atoms with van der Waals surface area (Å²) >= 11 is 0. The number of rotatable bonds is 3. The Hall–Kier alpha value is -1.20. The van der Waals surface area contributed by atoms with Gasteiger partial charge < -0.3 is 9.64 Å². The normalized spacial score (nSPS) is 30.0. The van der Waals surface area contributed by atoms with Crippen LogP contribution < -0.4 is 4.90 Å². The van der Waals surface area contributed by atoms with E-state index in [0.29, 0.717) is 12.1 Å². The maximum absolute atomic E-state index is 6.09. The predicted octanol–water partition coefficient (Wildman–Crippen LogP) is 1.86. The zero-order valence-corrected chi connectivity index (χ0v) is 13.4. The van der Waals surface area contributed by atoms with Crippen LogP contribution in [0.3, 0.4) is 0 Å². The molecule has 5 heteroatoms. The van der Waals surface area contributed by atoms with E-state index in [4.69, 9.17) is 4.74 Å². The lowest BCUT2D eigenvalue weighted by Gasteiger charge is -2.40. The minimum absolute atomic E-state index is 0.399. The molecule has 2 saturated heterocycles. The van der Waals surface area contributed by atoms with Gasteiger partial charge >= 0.3 is 0 Å². The molecule has 22 heavy (non-hydrogen) atoms. The van der Waals surface area contributed by atoms with Crippen LogP contribution in [0.5, 0.6) is 0 Å². The summed E-state index contributed by atoms with van der Waals surface area (Å²) in [5, 5.41) is 8.56. The van der Waals surface area contributed by atoms with Gasteiger partial charge in [0.15, 0.2) is 5.82 Å². The van der Waals surface area contributed by atoms with Crippen molar-refractivity contribution in [1.82, 2.24) is 15.1 Å². The van der Waals surface area contributed by atoms with Crippen LogP contribution in [-0.4, -0.2) is 60.0 Å². The molecule has 3 fully saturated rings. The van der Waals surface area contributed by atoms with E-state index in [1.54, 1.807) is 0 Å². The van der Waals surface area contributed by atoms with Gasteiger partial charge in [0.05, 0.1) is 18.4 Å². The second-order valence-electron chi connectivity index (χ2n) is 7.01. The highest BCUT2D eigenvalue weighted by Gasteiger charge is 2.37. The van der Waals surface area contributed by atoms with E-state index in [1.165, 1.54) is 25.8 Å². The Labute approximate surface area is 132 Å². The van der Waals surface area contributed by atoms with Crippen LogP contribution in [0.2, 0.25) is 0 Å². The molecule has 3 heterocycles. The van der Waals surface area contributed by atoms with Crippen LogP contribution >= 0.6 is 0 Å². The molecule has 2 atom stereocenters. The molecule has 0 N–H and O–H groups in total. The molecule has 1 saturated carbocycles. The molecule has 5 nitrogen and oxygen atoms in total. The summed E-state index contributed by atoms with van der Waals surface area (Å²) in [5.74, 6) is 1.97. The number of hydrogen-bond acceptors (Lipinski definition) is 5. The molecule has 1 aromatic heterocycles. The van der Waals surface area contributed by atoms with E-state index in [0.717, 1.165) is 50.1 Å². The Morgan fingerprint density at radius 1 is 1.09 bits per heavy atom. The highest BCUT2D eigenvalue weighted by molar-refractivity contribution is 5.37. The molecule has 0 radical (unpaired) electrons. The fourth-order valence-electron chi connectivity index (χ4n) is 3.81. The first-order valence-corrected chi connectivity index (χ1v) is 8.70. The quantitative estimate of drug-likeness (QED) is 0.852. The maximum Gasteiger partial charge on any atom is 0.151 e. The Morgan fingerprint density at radius 3 is 2.73 bits per heavy atom. The fraction of sp³-hybridized carbons (Fsp3) is 0.765. The Balaban J connectivity index is 1.44. The fourth-order valence-corrected chi connectivity index (χ4v) is 3.81. The summed E-state index contributed by atoms with van der Waals surface area (Å²) in [6, 6.07) is 4.74. The number of ether oxygens (including phenoxy) is 1. The van der Waals surface area contributed by atoms with Gasteiger partial charge in [0.1, 0.15) is 0 Å². The summed E-state index contributed by atoms with van der Waals surface area (Å²) in [5.41, 5.74) is 0.978. The number of fused-ring (bicyclic) bond motifs is 1. The van der Waals surface area contributed by atoms with Crippen molar-refractivity contribution in [3.05, 3.63) is 17.8 Å². The SMILES string of the molecule is Cc1ccc(N2CC[C@@H]3OCCN(CC4CC4)[C@@H]3CC2)nn1. The van der Waals surface area contributed by atoms with Crippen LogP contribution in [0.15, 0.2) is 12.1 Å². The van der Waals surface area contributed by atoms with Crippen molar-refractivity contribution < 1.29 is 4.74 Å². The first kappa shape index (κ1) is 14.4. The van der Waals surface area contributed by atoms with Crippen molar-refractivity contribution in [1.29, 1.82) is 0 Å². The van der Waals surface area contributed by atoms with E-state index in [2.05, 4.69) is 32.1 Å². The smallest absolute Gasteiger partial charge is 0.151 e. The Morgan fingerprint density at radius 2 is 1.95 bits per heavy atom. The average Bonchev–Trinajstić information content (AvgIpc) is 3.35. The highest BCUT2D eigenvalue weighted by Crippen LogP contribution is 2.33. The van der Waals surface area contributed by atoms with E-state index >= 15 is 0 Å². The minimum atomic E-state index is 0.399. The molecular formula is C17H26N4O. The topological polar surface area (TPSA) is 41.5 Å². The molecule has 0 amide bonds. The van der Waals surface area contributed by atoms with Gasteiger partial charge in [-0.2, -0.15) is 5.10 Å². The standard InChI is InChI=1S/C17H26N4O/c1-13-2-5-17(19-18-13)20-8-6-15-16(7-9-20)22-11-10-21(15)12-14-3-4-14/h2,5,14-16H,3-4,6-12H2,1H3/t15-,16+/m1/s1. The molecule has 2 aliphatic heterocycles. The first-order chi connectivity index (χ1) is 10.8. The lowest BCUT2D eigenvalue weighted by molar-refractivity contribution is -0.0726. The monoisotopic (exact) mass is 302 g/mol. The molecule has 3 aliphatic rings. The van der Waals surface area contributed by atoms with Crippen molar-refractivity contribution >= 4 is 5.82 Å². The van der Waals surface area contributed by atoms with Crippen LogP contribution in [0, 0.1) is 12.8 Å². The molecule has 4 rings (SSSR count). The van der Waals surface area contributed by atoms with Crippen LogP contribution in [0.1, 0.15) is 31.4 Å². The van der Waals surface area contributed by atoms with Crippen LogP contribution in [0.4, 0.5) is 5.82 Å². The van der Waals surface area contributed by atoms with Crippen LogP contribution in [0.25, 0.3) is 0 Å². The van der Waals surface area contributed by atoms with Gasteiger partial charge in [-0.15, -0.1) is 5.10 Å². The summed E-state index contributed by atoms with van der Waals surface area (Å²) < 4.78 is 6.09. The zero-order valence-electron chi connectivity index (χ0n) is 13.4. The van der Waals surface area contributed by atoms with Crippen molar-refractivity contribution in [2.75, 3.05) is 37.7 Å². The third-order valence-corrected chi connectivity index (χ3v) is 5.28. The molecule has 120 valence electrons. The summed E-state index contributed by atoms with van der Waals surface area (Å²) in [7, 11) is 0. The lowest BCUT2D eigenvalue weighted by atomic mass is 10.0. The third-order valence-electron chi connectivity index (χ3n) is 5.28. The number of hydrogen-bond donors (Lipinski definition) is 0. The molecule has 0 unspecified atom stereocenters. The van der Waals surface area contributed by atoms with Crippen LogP contribution in [-0.2, 0) is 4.74 Å². The molecule has 1 aliphatic carbocycles. The Bertz CT molecular complexity index is 502. The first-order valence-electron chi connectivity index (χ1n) is 8.70. The van der Waals surface area contributed by atoms with E-state index in [9.17, 15) is 0 Å². The largest absolute Gasteiger partial charge is 0.375 e. The van der Waals surface area contributed by atoms with Crippen molar-refractivity contribution in [3.8, 4) is 0 Å². The van der Waals surface area contributed by atoms with Crippen molar-refractivity contribution in [3.63, 3.8) is 0 Å². The number of aromatic nitrogens is 2. The molecule has 1 aromatic rings. The number of morpholine rings is 1. The molecule has 0 aromatic carbocycles. The van der Waals surface area contributed by atoms with Gasteiger partial charge in [0, 0.05) is 32.2 Å². The van der Waals surface area contributed by atoms with E-state index in [-0.39, 0.29) is 0 Å². The zero-order chi connectivity index (χ0) is 14.9. The van der Waals surface area contributed by atoms with Crippen molar-refractivity contribution in [2.24, 2.45) is 5.92 Å². The summed E-state index contributed by atoms with van der Waals surface area (Å²) in [4.78, 5) is 5.08. The minimum Gasteiger partial charge on any atom is -0.375 e. The van der Waals surface area contributed by atoms with Gasteiger partial charge in [-0.25, -0.2) is 0 Å². The van der Waals surface area contributed by atoms with E-state index in [1.807, 2.05) is 6.92 Å². The maximum atomic E-state index is 6.09. The third kappa shape index (κ3) is 3.10. The predicted molar refractivity (Wildman–Crippen MR) is 86.0 cm³/mol. The average molecular weight is 302 g/mol. The number of nitrogens with zero attached hydrogens (tertiary/aromatic N) is 4. The van der Waals surface area contributed by atoms with Gasteiger partial charge in [0.2, 0.25) is 0 Å². The van der Waals surface area contributed by atoms with Gasteiger partial charge in [-0.3, -0.25) is 4.90 Å². The van der Waals surface area contributed by atoms with Gasteiger partial charge in [-0.05, 0) is 50.7 Å². The second kappa shape index (κ2) is 6.13. The summed E-state index contributed by atoms with van der Waals surface area (Å²) in [6.45, 7) is 7.37. The molecule has 0 bridgehead atoms. The van der Waals surface area contributed by atoms with E-state index < -0.39 is 0 Å². The number of anilines is 1. The summed E-state index contributed by atoms with van der Waals surface area (Å²) in [6.07, 6.45) is 5.53. The highest BCUT2D eigenvalue weighted by atomic mass is 16.5. The number of aryl methyl sites for hydroxylation is 1. The molecule has 0 spiro atoms. The lowest BCUT2D eigenvalue weighted by Crippen LogP contribution is -2.51. The van der Waals surface area contributed by atoms with Gasteiger partial charge in [-0.1, -0.05) is 0 Å². The second-order valence-corrected chi connectivity index (χ2v) is 7.01. The van der Waals surface area contributed by atoms with Gasteiger partial charge in [0.25, 0.3) is 0 Å². The van der Waals surface area contributed by atoms with Crippen molar-refractivity contribution in [2.45, 2.75) is 44.8 Å². The Kier molecular flexibility index (Phi) is 4.01. The molecular weight excluding hydrogens is 276 g/mol.